The van der Waals surface area contributed by atoms with E-state index in [-0.39, 0.29) is 12.5 Å². The Balaban J connectivity index is 1.46. The van der Waals surface area contributed by atoms with Crippen molar-refractivity contribution in [2.24, 2.45) is 0 Å². The molecule has 1 aromatic carbocycles. The molecule has 2 amide bonds. The Hall–Kier alpha value is -3.68. The Morgan fingerprint density at radius 2 is 1.89 bits per heavy atom. The number of carbonyl (C=O) groups is 2. The van der Waals surface area contributed by atoms with Gasteiger partial charge < -0.3 is 10.1 Å². The number of benzene rings is 1. The standard InChI is InChI=1S/C19H19N5O3/c1-13-2-5-16(11-20-13)18(25)21-8-14-3-6-17(7-4-14)24-19(26)27-12-15-9-22-23-10-15/h2-7,9-11H,8,12H2,1H3,(H,21,25)(H,22,23)(H,24,26). The highest BCUT2D eigenvalue weighted by Crippen LogP contribution is 2.11. The van der Waals surface area contributed by atoms with Gasteiger partial charge in [-0.2, -0.15) is 5.10 Å². The maximum absolute atomic E-state index is 12.1. The quantitative estimate of drug-likeness (QED) is 0.622. The summed E-state index contributed by atoms with van der Waals surface area (Å²) < 4.78 is 5.08. The fraction of sp³-hybridized carbons (Fsp3) is 0.158. The molecule has 0 radical (unpaired) electrons. The molecule has 0 aliphatic rings. The lowest BCUT2D eigenvalue weighted by Crippen LogP contribution is -2.23. The lowest BCUT2D eigenvalue weighted by atomic mass is 10.2. The van der Waals surface area contributed by atoms with Gasteiger partial charge in [0.25, 0.3) is 5.91 Å². The molecule has 0 fully saturated rings. The van der Waals surface area contributed by atoms with Crippen molar-refractivity contribution < 1.29 is 14.3 Å². The Morgan fingerprint density at radius 1 is 1.07 bits per heavy atom. The SMILES string of the molecule is Cc1ccc(C(=O)NCc2ccc(NC(=O)OCc3cn[nH]c3)cc2)cn1. The van der Waals surface area contributed by atoms with Crippen molar-refractivity contribution in [3.05, 3.63) is 77.4 Å². The first-order valence-electron chi connectivity index (χ1n) is 8.31. The third-order valence-electron chi connectivity index (χ3n) is 3.75. The summed E-state index contributed by atoms with van der Waals surface area (Å²) >= 11 is 0. The molecule has 0 atom stereocenters. The molecule has 3 N–H and O–H groups in total. The summed E-state index contributed by atoms with van der Waals surface area (Å²) in [4.78, 5) is 27.9. The number of hydrogen-bond acceptors (Lipinski definition) is 5. The van der Waals surface area contributed by atoms with Crippen LogP contribution in [0.4, 0.5) is 10.5 Å². The summed E-state index contributed by atoms with van der Waals surface area (Å²) in [6.45, 7) is 2.38. The van der Waals surface area contributed by atoms with Crippen LogP contribution in [0.1, 0.15) is 27.2 Å². The van der Waals surface area contributed by atoms with Crippen LogP contribution in [0.2, 0.25) is 0 Å². The summed E-state index contributed by atoms with van der Waals surface area (Å²) in [7, 11) is 0. The molecule has 3 rings (SSSR count). The van der Waals surface area contributed by atoms with E-state index in [1.54, 1.807) is 42.9 Å². The van der Waals surface area contributed by atoms with Crippen LogP contribution in [-0.2, 0) is 17.9 Å². The number of pyridine rings is 1. The number of rotatable bonds is 6. The van der Waals surface area contributed by atoms with Gasteiger partial charge in [-0.1, -0.05) is 12.1 Å². The minimum absolute atomic E-state index is 0.139. The Morgan fingerprint density at radius 3 is 2.56 bits per heavy atom. The predicted octanol–water partition coefficient (Wildman–Crippen LogP) is 2.79. The molecule has 0 spiro atoms. The van der Waals surface area contributed by atoms with Crippen molar-refractivity contribution in [3.63, 3.8) is 0 Å². The Kier molecular flexibility index (Phi) is 5.78. The number of aromatic amines is 1. The first-order valence-corrected chi connectivity index (χ1v) is 8.31. The van der Waals surface area contributed by atoms with Crippen molar-refractivity contribution in [1.82, 2.24) is 20.5 Å². The molecule has 0 saturated carbocycles. The highest BCUT2D eigenvalue weighted by atomic mass is 16.5. The second-order valence-electron chi connectivity index (χ2n) is 5.88. The molecular weight excluding hydrogens is 346 g/mol. The molecule has 8 heteroatoms. The molecule has 2 heterocycles. The van der Waals surface area contributed by atoms with Crippen molar-refractivity contribution in [2.45, 2.75) is 20.1 Å². The molecule has 27 heavy (non-hydrogen) atoms. The highest BCUT2D eigenvalue weighted by Gasteiger charge is 2.07. The summed E-state index contributed by atoms with van der Waals surface area (Å²) in [5, 5.41) is 11.9. The molecular formula is C19H19N5O3. The number of aryl methyl sites for hydroxylation is 1. The van der Waals surface area contributed by atoms with E-state index in [0.29, 0.717) is 17.8 Å². The van der Waals surface area contributed by atoms with Gasteiger partial charge in [-0.15, -0.1) is 0 Å². The number of nitrogens with zero attached hydrogens (tertiary/aromatic N) is 2. The van der Waals surface area contributed by atoms with E-state index in [1.807, 2.05) is 19.1 Å². The number of anilines is 1. The number of nitrogens with one attached hydrogen (secondary N) is 3. The zero-order valence-corrected chi connectivity index (χ0v) is 14.7. The van der Waals surface area contributed by atoms with Crippen molar-refractivity contribution >= 4 is 17.7 Å². The monoisotopic (exact) mass is 365 g/mol. The van der Waals surface area contributed by atoms with Crippen molar-refractivity contribution in [2.75, 3.05) is 5.32 Å². The molecule has 0 aliphatic heterocycles. The third-order valence-corrected chi connectivity index (χ3v) is 3.75. The maximum atomic E-state index is 12.1. The predicted molar refractivity (Wildman–Crippen MR) is 99.0 cm³/mol. The van der Waals surface area contributed by atoms with Crippen LogP contribution in [0.15, 0.2) is 55.0 Å². The number of aromatic nitrogens is 3. The first-order chi connectivity index (χ1) is 13.1. The summed E-state index contributed by atoms with van der Waals surface area (Å²) in [5.41, 5.74) is 3.66. The lowest BCUT2D eigenvalue weighted by Gasteiger charge is -2.08. The van der Waals surface area contributed by atoms with Gasteiger partial charge in [0.05, 0.1) is 11.8 Å². The molecule has 0 bridgehead atoms. The van der Waals surface area contributed by atoms with E-state index in [1.165, 1.54) is 0 Å². The highest BCUT2D eigenvalue weighted by molar-refractivity contribution is 5.93. The first kappa shape index (κ1) is 18.1. The van der Waals surface area contributed by atoms with Gasteiger partial charge in [-0.3, -0.25) is 20.2 Å². The van der Waals surface area contributed by atoms with Crippen LogP contribution in [-0.4, -0.2) is 27.2 Å². The largest absolute Gasteiger partial charge is 0.444 e. The second-order valence-corrected chi connectivity index (χ2v) is 5.88. The minimum Gasteiger partial charge on any atom is -0.444 e. The van der Waals surface area contributed by atoms with E-state index in [2.05, 4.69) is 25.8 Å². The average Bonchev–Trinajstić information content (AvgIpc) is 3.20. The summed E-state index contributed by atoms with van der Waals surface area (Å²) in [6, 6.07) is 10.7. The van der Waals surface area contributed by atoms with Crippen molar-refractivity contribution in [3.8, 4) is 0 Å². The average molecular weight is 365 g/mol. The zero-order valence-electron chi connectivity index (χ0n) is 14.7. The summed E-state index contributed by atoms with van der Waals surface area (Å²) in [5.74, 6) is -0.187. The smallest absolute Gasteiger partial charge is 0.411 e. The van der Waals surface area contributed by atoms with E-state index in [4.69, 9.17) is 4.74 Å². The fourth-order valence-corrected chi connectivity index (χ4v) is 2.25. The maximum Gasteiger partial charge on any atom is 0.411 e. The van der Waals surface area contributed by atoms with E-state index < -0.39 is 6.09 Å². The van der Waals surface area contributed by atoms with Gasteiger partial charge in [-0.25, -0.2) is 4.79 Å². The van der Waals surface area contributed by atoms with Gasteiger partial charge in [0, 0.05) is 35.9 Å². The topological polar surface area (TPSA) is 109 Å². The lowest BCUT2D eigenvalue weighted by molar-refractivity contribution is 0.0950. The van der Waals surface area contributed by atoms with Crippen LogP contribution in [0.3, 0.4) is 0 Å². The second kappa shape index (κ2) is 8.61. The molecule has 0 aliphatic carbocycles. The van der Waals surface area contributed by atoms with E-state index in [9.17, 15) is 9.59 Å². The van der Waals surface area contributed by atoms with Crippen LogP contribution < -0.4 is 10.6 Å². The van der Waals surface area contributed by atoms with Crippen molar-refractivity contribution in [1.29, 1.82) is 0 Å². The van der Waals surface area contributed by atoms with E-state index in [0.717, 1.165) is 16.8 Å². The molecule has 2 aromatic heterocycles. The summed E-state index contributed by atoms with van der Waals surface area (Å²) in [6.07, 6.45) is 4.24. The van der Waals surface area contributed by atoms with Gasteiger partial charge in [-0.05, 0) is 36.8 Å². The third kappa shape index (κ3) is 5.40. The number of hydrogen-bond donors (Lipinski definition) is 3. The van der Waals surface area contributed by atoms with Crippen LogP contribution >= 0.6 is 0 Å². The van der Waals surface area contributed by atoms with E-state index >= 15 is 0 Å². The molecule has 138 valence electrons. The minimum atomic E-state index is -0.552. The Labute approximate surface area is 156 Å². The number of amides is 2. The van der Waals surface area contributed by atoms with Gasteiger partial charge in [0.1, 0.15) is 6.61 Å². The number of H-pyrrole nitrogens is 1. The fourth-order valence-electron chi connectivity index (χ4n) is 2.25. The molecule has 0 saturated heterocycles. The molecule has 8 nitrogen and oxygen atoms in total. The van der Waals surface area contributed by atoms with Crippen LogP contribution in [0, 0.1) is 6.92 Å². The van der Waals surface area contributed by atoms with Gasteiger partial charge in [0.15, 0.2) is 0 Å². The number of ether oxygens (including phenoxy) is 1. The Bertz CT molecular complexity index is 890. The van der Waals surface area contributed by atoms with Gasteiger partial charge >= 0.3 is 6.09 Å². The van der Waals surface area contributed by atoms with Crippen LogP contribution in [0.25, 0.3) is 0 Å². The molecule has 3 aromatic rings. The van der Waals surface area contributed by atoms with Crippen LogP contribution in [0.5, 0.6) is 0 Å². The van der Waals surface area contributed by atoms with Gasteiger partial charge in [0.2, 0.25) is 0 Å². The zero-order chi connectivity index (χ0) is 19.1. The molecule has 0 unspecified atom stereocenters. The normalized spacial score (nSPS) is 10.3. The number of carbonyl (C=O) groups excluding carboxylic acids is 2.